The zero-order valence-electron chi connectivity index (χ0n) is 21.1. The highest BCUT2D eigenvalue weighted by Crippen LogP contribution is 2.41. The third kappa shape index (κ3) is 4.04. The van der Waals surface area contributed by atoms with Gasteiger partial charge >= 0.3 is 0 Å². The highest BCUT2D eigenvalue weighted by atomic mass is 16.5. The molecule has 4 aromatic rings. The molecule has 186 valence electrons. The van der Waals surface area contributed by atoms with Gasteiger partial charge in [0, 0.05) is 46.5 Å². The number of aryl methyl sites for hydroxylation is 1. The molecule has 7 heteroatoms. The van der Waals surface area contributed by atoms with Crippen molar-refractivity contribution in [2.75, 3.05) is 19.0 Å². The topological polar surface area (TPSA) is 88.2 Å². The van der Waals surface area contributed by atoms with Crippen LogP contribution in [0.2, 0.25) is 0 Å². The molecule has 2 aromatic heterocycles. The molecular formula is C29H32N4O3. The van der Waals surface area contributed by atoms with E-state index in [1.54, 1.807) is 13.0 Å². The van der Waals surface area contributed by atoms with Crippen molar-refractivity contribution < 1.29 is 9.53 Å². The average Bonchev–Trinajstić information content (AvgIpc) is 3.18. The summed E-state index contributed by atoms with van der Waals surface area (Å²) in [5, 5.41) is 7.39. The largest absolute Gasteiger partial charge is 0.496 e. The van der Waals surface area contributed by atoms with Gasteiger partial charge in [0.05, 0.1) is 24.8 Å². The number of anilines is 1. The van der Waals surface area contributed by atoms with Crippen molar-refractivity contribution in [2.24, 2.45) is 0 Å². The predicted molar refractivity (Wildman–Crippen MR) is 143 cm³/mol. The van der Waals surface area contributed by atoms with Crippen LogP contribution in [0.1, 0.15) is 58.2 Å². The fourth-order valence-corrected chi connectivity index (χ4v) is 5.68. The lowest BCUT2D eigenvalue weighted by atomic mass is 9.85. The molecule has 1 aliphatic rings. The van der Waals surface area contributed by atoms with Gasteiger partial charge in [-0.05, 0) is 51.0 Å². The standard InChI is InChI=1S/C29H32N4O3/c1-17-15-26(36-4)23(28(34)32-17)16-31-29(35)27-19(3)33(25-12-8-6-10-22(25)27)18(2)20-13-14-30-24-11-7-5-9-21(20)24/h5-12,15,18,20,30H,13-14,16H2,1-4H3,(H,31,35)(H,32,34). The molecule has 1 aliphatic heterocycles. The summed E-state index contributed by atoms with van der Waals surface area (Å²) in [5.74, 6) is 0.583. The molecule has 0 radical (unpaired) electrons. The Morgan fingerprint density at radius 1 is 1.17 bits per heavy atom. The maximum Gasteiger partial charge on any atom is 0.256 e. The van der Waals surface area contributed by atoms with Crippen LogP contribution in [0.5, 0.6) is 5.75 Å². The number of rotatable bonds is 6. The van der Waals surface area contributed by atoms with Crippen molar-refractivity contribution in [2.45, 2.75) is 45.7 Å². The minimum absolute atomic E-state index is 0.0772. The van der Waals surface area contributed by atoms with E-state index in [2.05, 4.69) is 57.4 Å². The molecule has 0 saturated heterocycles. The fraction of sp³-hybridized carbons (Fsp3) is 0.310. The predicted octanol–water partition coefficient (Wildman–Crippen LogP) is 5.05. The number of methoxy groups -OCH3 is 1. The van der Waals surface area contributed by atoms with Crippen molar-refractivity contribution in [3.63, 3.8) is 0 Å². The van der Waals surface area contributed by atoms with Crippen LogP contribution in [0.3, 0.4) is 0 Å². The SMILES string of the molecule is COc1cc(C)[nH]c(=O)c1CNC(=O)c1c(C)n(C(C)C2CCNc3ccccc32)c2ccccc12. The first-order valence-electron chi connectivity index (χ1n) is 12.4. The van der Waals surface area contributed by atoms with Gasteiger partial charge in [-0.15, -0.1) is 0 Å². The van der Waals surface area contributed by atoms with Gasteiger partial charge in [-0.2, -0.15) is 0 Å². The van der Waals surface area contributed by atoms with Crippen molar-refractivity contribution in [1.82, 2.24) is 14.9 Å². The molecule has 7 nitrogen and oxygen atoms in total. The Morgan fingerprint density at radius 3 is 2.72 bits per heavy atom. The molecule has 0 aliphatic carbocycles. The van der Waals surface area contributed by atoms with E-state index in [0.29, 0.717) is 28.5 Å². The van der Waals surface area contributed by atoms with Crippen LogP contribution in [-0.4, -0.2) is 29.1 Å². The second-order valence-corrected chi connectivity index (χ2v) is 9.51. The summed E-state index contributed by atoms with van der Waals surface area (Å²) in [5.41, 5.74) is 5.94. The molecule has 2 aromatic carbocycles. The maximum absolute atomic E-state index is 13.6. The number of aromatic nitrogens is 2. The number of aromatic amines is 1. The molecule has 0 spiro atoms. The number of H-pyrrole nitrogens is 1. The second-order valence-electron chi connectivity index (χ2n) is 9.51. The maximum atomic E-state index is 13.6. The quantitative estimate of drug-likeness (QED) is 0.358. The lowest BCUT2D eigenvalue weighted by molar-refractivity contribution is 0.0951. The molecule has 3 heterocycles. The first-order chi connectivity index (χ1) is 17.4. The van der Waals surface area contributed by atoms with Gasteiger partial charge in [-0.1, -0.05) is 36.4 Å². The van der Waals surface area contributed by atoms with E-state index >= 15 is 0 Å². The number of fused-ring (bicyclic) bond motifs is 2. The van der Waals surface area contributed by atoms with Crippen LogP contribution < -0.4 is 20.9 Å². The lowest BCUT2D eigenvalue weighted by Crippen LogP contribution is -2.28. The van der Waals surface area contributed by atoms with Crippen molar-refractivity contribution >= 4 is 22.5 Å². The van der Waals surface area contributed by atoms with Crippen molar-refractivity contribution in [1.29, 1.82) is 0 Å². The number of amides is 1. The zero-order chi connectivity index (χ0) is 25.4. The third-order valence-corrected chi connectivity index (χ3v) is 7.38. The van der Waals surface area contributed by atoms with E-state index in [1.165, 1.54) is 18.4 Å². The van der Waals surface area contributed by atoms with Crippen LogP contribution >= 0.6 is 0 Å². The Balaban J connectivity index is 1.51. The van der Waals surface area contributed by atoms with Gasteiger partial charge in [-0.25, -0.2) is 0 Å². The van der Waals surface area contributed by atoms with E-state index in [-0.39, 0.29) is 24.1 Å². The van der Waals surface area contributed by atoms with Gasteiger partial charge in [0.1, 0.15) is 5.75 Å². The van der Waals surface area contributed by atoms with E-state index in [4.69, 9.17) is 4.74 Å². The number of para-hydroxylation sites is 2. The van der Waals surface area contributed by atoms with Gasteiger partial charge < -0.3 is 24.9 Å². The summed E-state index contributed by atoms with van der Waals surface area (Å²) in [6.07, 6.45) is 1.02. The van der Waals surface area contributed by atoms with Crippen LogP contribution in [0.4, 0.5) is 5.69 Å². The molecule has 1 amide bonds. The van der Waals surface area contributed by atoms with Crippen LogP contribution in [-0.2, 0) is 6.54 Å². The number of pyridine rings is 1. The first kappa shape index (κ1) is 23.7. The summed E-state index contributed by atoms with van der Waals surface area (Å²) in [7, 11) is 1.53. The van der Waals surface area contributed by atoms with E-state index in [1.807, 2.05) is 25.1 Å². The van der Waals surface area contributed by atoms with Gasteiger partial charge in [-0.3, -0.25) is 9.59 Å². The average molecular weight is 485 g/mol. The Bertz CT molecular complexity index is 1500. The number of carbonyl (C=O) groups is 1. The number of nitrogens with zero attached hydrogens (tertiary/aromatic N) is 1. The van der Waals surface area contributed by atoms with E-state index in [9.17, 15) is 9.59 Å². The molecule has 5 rings (SSSR count). The second kappa shape index (κ2) is 9.57. The highest BCUT2D eigenvalue weighted by Gasteiger charge is 2.30. The molecule has 36 heavy (non-hydrogen) atoms. The van der Waals surface area contributed by atoms with E-state index < -0.39 is 0 Å². The molecule has 0 saturated carbocycles. The Labute approximate surface area is 210 Å². The highest BCUT2D eigenvalue weighted by molar-refractivity contribution is 6.08. The summed E-state index contributed by atoms with van der Waals surface area (Å²) < 4.78 is 7.69. The number of carbonyl (C=O) groups excluding carboxylic acids is 1. The number of benzene rings is 2. The molecule has 2 unspecified atom stereocenters. The Kier molecular flexibility index (Phi) is 6.31. The summed E-state index contributed by atoms with van der Waals surface area (Å²) in [6, 6.07) is 18.4. The number of ether oxygens (including phenoxy) is 1. The smallest absolute Gasteiger partial charge is 0.256 e. The minimum Gasteiger partial charge on any atom is -0.496 e. The fourth-order valence-electron chi connectivity index (χ4n) is 5.68. The van der Waals surface area contributed by atoms with Gasteiger partial charge in [0.2, 0.25) is 0 Å². The first-order valence-corrected chi connectivity index (χ1v) is 12.4. The molecule has 2 atom stereocenters. The summed E-state index contributed by atoms with van der Waals surface area (Å²) in [4.78, 5) is 28.9. The van der Waals surface area contributed by atoms with Crippen LogP contribution in [0, 0.1) is 13.8 Å². The number of nitrogens with one attached hydrogen (secondary N) is 3. The lowest BCUT2D eigenvalue weighted by Gasteiger charge is -2.33. The Morgan fingerprint density at radius 2 is 1.92 bits per heavy atom. The van der Waals surface area contributed by atoms with Crippen molar-refractivity contribution in [3.8, 4) is 5.75 Å². The van der Waals surface area contributed by atoms with Gasteiger partial charge in [0.25, 0.3) is 11.5 Å². The minimum atomic E-state index is -0.260. The monoisotopic (exact) mass is 484 g/mol. The number of hydrogen-bond acceptors (Lipinski definition) is 4. The van der Waals surface area contributed by atoms with Gasteiger partial charge in [0.15, 0.2) is 0 Å². The summed E-state index contributed by atoms with van der Waals surface area (Å²) in [6.45, 7) is 7.05. The van der Waals surface area contributed by atoms with Crippen LogP contribution in [0.25, 0.3) is 10.9 Å². The zero-order valence-corrected chi connectivity index (χ0v) is 21.1. The molecule has 0 fully saturated rings. The normalized spacial score (nSPS) is 15.7. The third-order valence-electron chi connectivity index (χ3n) is 7.38. The van der Waals surface area contributed by atoms with Crippen LogP contribution in [0.15, 0.2) is 59.4 Å². The molecular weight excluding hydrogens is 452 g/mol. The van der Waals surface area contributed by atoms with Crippen molar-refractivity contribution in [3.05, 3.63) is 93.0 Å². The number of hydrogen-bond donors (Lipinski definition) is 3. The van der Waals surface area contributed by atoms with E-state index in [0.717, 1.165) is 29.6 Å². The Hall–Kier alpha value is -4.00. The molecule has 0 bridgehead atoms. The molecule has 3 N–H and O–H groups in total. The summed E-state index contributed by atoms with van der Waals surface area (Å²) >= 11 is 0.